The Morgan fingerprint density at radius 1 is 1.13 bits per heavy atom. The van der Waals surface area contributed by atoms with Crippen molar-refractivity contribution in [1.82, 2.24) is 5.43 Å². The second-order valence-electron chi connectivity index (χ2n) is 5.98. The van der Waals surface area contributed by atoms with E-state index < -0.39 is 11.8 Å². The maximum Gasteiger partial charge on any atom is 0.271 e. The van der Waals surface area contributed by atoms with Crippen molar-refractivity contribution >= 4 is 49.9 Å². The van der Waals surface area contributed by atoms with Gasteiger partial charge in [-0.2, -0.15) is 5.10 Å². The summed E-state index contributed by atoms with van der Waals surface area (Å²) in [6, 6.07) is 8.36. The van der Waals surface area contributed by atoms with Crippen LogP contribution in [0.25, 0.3) is 0 Å². The first-order valence-electron chi connectivity index (χ1n) is 8.90. The first-order chi connectivity index (χ1) is 14.3. The van der Waals surface area contributed by atoms with Crippen LogP contribution in [0.1, 0.15) is 29.3 Å². The maximum atomic E-state index is 12.4. The minimum absolute atomic E-state index is 0.244. The number of hydrogen-bond acceptors (Lipinski definition) is 6. The molecule has 0 aliphatic rings. The van der Waals surface area contributed by atoms with E-state index in [0.29, 0.717) is 43.9 Å². The van der Waals surface area contributed by atoms with Gasteiger partial charge in [0.2, 0.25) is 0 Å². The van der Waals surface area contributed by atoms with E-state index in [0.717, 1.165) is 6.42 Å². The monoisotopic (exact) mass is 541 g/mol. The number of benzene rings is 2. The van der Waals surface area contributed by atoms with E-state index in [1.165, 1.54) is 13.3 Å². The number of rotatable bonds is 10. The minimum atomic E-state index is -0.580. The zero-order chi connectivity index (χ0) is 22.1. The molecule has 2 aromatic carbocycles. The summed E-state index contributed by atoms with van der Waals surface area (Å²) < 4.78 is 17.4. The average molecular weight is 543 g/mol. The van der Waals surface area contributed by atoms with Gasteiger partial charge in [-0.1, -0.05) is 6.92 Å². The molecule has 0 aliphatic carbocycles. The van der Waals surface area contributed by atoms with Gasteiger partial charge in [-0.3, -0.25) is 9.59 Å². The van der Waals surface area contributed by atoms with Crippen LogP contribution in [-0.4, -0.2) is 38.4 Å². The van der Waals surface area contributed by atoms with E-state index in [9.17, 15) is 9.59 Å². The second kappa shape index (κ2) is 11.6. The third kappa shape index (κ3) is 6.74. The number of nitrogens with one attached hydrogen (secondary N) is 1. The van der Waals surface area contributed by atoms with Crippen LogP contribution in [0.5, 0.6) is 17.2 Å². The van der Waals surface area contributed by atoms with Crippen LogP contribution < -0.4 is 25.4 Å². The summed E-state index contributed by atoms with van der Waals surface area (Å²) in [5.41, 5.74) is 8.62. The quantitative estimate of drug-likeness (QED) is 0.351. The lowest BCUT2D eigenvalue weighted by Crippen LogP contribution is -2.20. The van der Waals surface area contributed by atoms with Crippen molar-refractivity contribution in [3.63, 3.8) is 0 Å². The Bertz CT molecular complexity index is 927. The molecule has 2 aromatic rings. The van der Waals surface area contributed by atoms with Crippen molar-refractivity contribution < 1.29 is 23.8 Å². The van der Waals surface area contributed by atoms with Gasteiger partial charge < -0.3 is 19.9 Å². The van der Waals surface area contributed by atoms with E-state index in [1.807, 2.05) is 6.92 Å². The summed E-state index contributed by atoms with van der Waals surface area (Å²) in [4.78, 5) is 23.2. The van der Waals surface area contributed by atoms with Gasteiger partial charge in [-0.25, -0.2) is 5.43 Å². The molecule has 0 saturated heterocycles. The lowest BCUT2D eigenvalue weighted by molar-refractivity contribution is -0.119. The van der Waals surface area contributed by atoms with Gasteiger partial charge in [-0.15, -0.1) is 0 Å². The predicted octanol–water partition coefficient (Wildman–Crippen LogP) is 3.64. The number of nitrogens with two attached hydrogens (primary N) is 1. The number of hydrazone groups is 1. The average Bonchev–Trinajstić information content (AvgIpc) is 2.71. The summed E-state index contributed by atoms with van der Waals surface area (Å²) in [5, 5.41) is 3.98. The van der Waals surface area contributed by atoms with Gasteiger partial charge in [0.25, 0.3) is 11.8 Å². The lowest BCUT2D eigenvalue weighted by Gasteiger charge is -2.11. The number of nitrogens with zero attached hydrogens (tertiary/aromatic N) is 1. The third-order valence-corrected chi connectivity index (χ3v) is 4.82. The highest BCUT2D eigenvalue weighted by Gasteiger charge is 2.12. The molecule has 0 bridgehead atoms. The summed E-state index contributed by atoms with van der Waals surface area (Å²) in [7, 11) is 1.51. The summed E-state index contributed by atoms with van der Waals surface area (Å²) in [6.07, 6.45) is 2.34. The van der Waals surface area contributed by atoms with Crippen LogP contribution in [0.15, 0.2) is 44.4 Å². The van der Waals surface area contributed by atoms with Crippen LogP contribution in [0.3, 0.4) is 0 Å². The highest BCUT2D eigenvalue weighted by atomic mass is 79.9. The SMILES string of the molecule is CCCOc1ccc(C(=O)N/N=C/c2cc(Br)c(OCC(N)=O)c(Br)c2)cc1OC. The van der Waals surface area contributed by atoms with Crippen molar-refractivity contribution in [3.05, 3.63) is 50.4 Å². The van der Waals surface area contributed by atoms with Crippen LogP contribution in [-0.2, 0) is 4.79 Å². The van der Waals surface area contributed by atoms with Gasteiger partial charge in [0.1, 0.15) is 5.75 Å². The molecule has 0 unspecified atom stereocenters. The topological polar surface area (TPSA) is 112 Å². The number of primary amides is 1. The summed E-state index contributed by atoms with van der Waals surface area (Å²) in [5.74, 6) is 0.509. The molecule has 0 saturated carbocycles. The molecule has 3 N–H and O–H groups in total. The second-order valence-corrected chi connectivity index (χ2v) is 7.69. The lowest BCUT2D eigenvalue weighted by atomic mass is 10.2. The Morgan fingerprint density at radius 2 is 1.83 bits per heavy atom. The van der Waals surface area contributed by atoms with Crippen molar-refractivity contribution in [2.75, 3.05) is 20.3 Å². The van der Waals surface area contributed by atoms with Crippen molar-refractivity contribution in [1.29, 1.82) is 0 Å². The number of carbonyl (C=O) groups is 2. The molecule has 160 valence electrons. The number of ether oxygens (including phenoxy) is 3. The summed E-state index contributed by atoms with van der Waals surface area (Å²) >= 11 is 6.73. The molecule has 0 aromatic heterocycles. The molecular formula is C20H21Br2N3O5. The van der Waals surface area contributed by atoms with Crippen molar-refractivity contribution in [3.8, 4) is 17.2 Å². The van der Waals surface area contributed by atoms with Crippen LogP contribution >= 0.6 is 31.9 Å². The van der Waals surface area contributed by atoms with Crippen LogP contribution in [0, 0.1) is 0 Å². The fourth-order valence-electron chi connectivity index (χ4n) is 2.31. The maximum absolute atomic E-state index is 12.4. The molecular weight excluding hydrogens is 522 g/mol. The third-order valence-electron chi connectivity index (χ3n) is 3.65. The Morgan fingerprint density at radius 3 is 2.43 bits per heavy atom. The Hall–Kier alpha value is -2.59. The van der Waals surface area contributed by atoms with Gasteiger partial charge in [-0.05, 0) is 74.2 Å². The Labute approximate surface area is 191 Å². The predicted molar refractivity (Wildman–Crippen MR) is 120 cm³/mol. The first kappa shape index (κ1) is 23.7. The number of hydrogen-bond donors (Lipinski definition) is 2. The van der Waals surface area contributed by atoms with E-state index in [2.05, 4.69) is 42.4 Å². The molecule has 0 heterocycles. The zero-order valence-corrected chi connectivity index (χ0v) is 19.6. The van der Waals surface area contributed by atoms with Gasteiger partial charge in [0, 0.05) is 5.56 Å². The molecule has 0 radical (unpaired) electrons. The smallest absolute Gasteiger partial charge is 0.271 e. The van der Waals surface area contributed by atoms with E-state index in [1.54, 1.807) is 30.3 Å². The molecule has 30 heavy (non-hydrogen) atoms. The Balaban J connectivity index is 2.06. The number of carbonyl (C=O) groups excluding carboxylic acids is 2. The van der Waals surface area contributed by atoms with E-state index in [-0.39, 0.29) is 6.61 Å². The van der Waals surface area contributed by atoms with E-state index in [4.69, 9.17) is 19.9 Å². The molecule has 10 heteroatoms. The number of methoxy groups -OCH3 is 1. The highest BCUT2D eigenvalue weighted by Crippen LogP contribution is 2.34. The number of halogens is 2. The fourth-order valence-corrected chi connectivity index (χ4v) is 3.76. The molecule has 2 amide bonds. The largest absolute Gasteiger partial charge is 0.493 e. The van der Waals surface area contributed by atoms with Gasteiger partial charge in [0.05, 0.1) is 28.9 Å². The molecule has 0 fully saturated rings. The van der Waals surface area contributed by atoms with Gasteiger partial charge >= 0.3 is 0 Å². The fraction of sp³-hybridized carbons (Fsp3) is 0.250. The molecule has 0 aliphatic heterocycles. The number of amides is 2. The summed E-state index contributed by atoms with van der Waals surface area (Å²) in [6.45, 7) is 2.32. The molecule has 0 atom stereocenters. The van der Waals surface area contributed by atoms with E-state index >= 15 is 0 Å². The van der Waals surface area contributed by atoms with Crippen LogP contribution in [0.2, 0.25) is 0 Å². The van der Waals surface area contributed by atoms with Crippen molar-refractivity contribution in [2.45, 2.75) is 13.3 Å². The normalized spacial score (nSPS) is 10.7. The molecule has 2 rings (SSSR count). The Kier molecular flexibility index (Phi) is 9.13. The molecule has 8 nitrogen and oxygen atoms in total. The molecule has 0 spiro atoms. The minimum Gasteiger partial charge on any atom is -0.493 e. The standard InChI is InChI=1S/C20H21Br2N3O5/c1-3-6-29-16-5-4-13(9-17(16)28-2)20(27)25-24-10-12-7-14(21)19(15(22)8-12)30-11-18(23)26/h4-5,7-10H,3,6,11H2,1-2H3,(H2,23,26)(H,25,27)/b24-10+. The van der Waals surface area contributed by atoms with Crippen LogP contribution in [0.4, 0.5) is 0 Å². The zero-order valence-electron chi connectivity index (χ0n) is 16.4. The first-order valence-corrected chi connectivity index (χ1v) is 10.5. The van der Waals surface area contributed by atoms with Crippen molar-refractivity contribution in [2.24, 2.45) is 10.8 Å². The van der Waals surface area contributed by atoms with Gasteiger partial charge in [0.15, 0.2) is 18.1 Å². The highest BCUT2D eigenvalue weighted by molar-refractivity contribution is 9.11.